The second kappa shape index (κ2) is 4.11. The molecule has 0 aliphatic rings. The van der Waals surface area contributed by atoms with Gasteiger partial charge in [-0.1, -0.05) is 13.3 Å². The van der Waals surface area contributed by atoms with Gasteiger partial charge in [-0.05, 0) is 20.0 Å². The summed E-state index contributed by atoms with van der Waals surface area (Å²) in [6.07, 6.45) is 3.72. The minimum absolute atomic E-state index is 0.618. The molecule has 0 saturated heterocycles. The van der Waals surface area contributed by atoms with Gasteiger partial charge in [-0.15, -0.1) is 0 Å². The Bertz CT molecular complexity index is 109. The average Bonchev–Trinajstić information content (AvgIpc) is 1.84. The first-order valence-corrected chi connectivity index (χ1v) is 5.99. The van der Waals surface area contributed by atoms with E-state index in [9.17, 15) is 4.57 Å². The van der Waals surface area contributed by atoms with Crippen LogP contribution >= 0.6 is 7.14 Å². The van der Waals surface area contributed by atoms with Crippen LogP contribution in [0.3, 0.4) is 0 Å². The Kier molecular flexibility index (Phi) is 4.22. The van der Waals surface area contributed by atoms with Gasteiger partial charge in [0, 0.05) is 12.3 Å². The Morgan fingerprint density at radius 3 is 2.44 bits per heavy atom. The van der Waals surface area contributed by atoms with Gasteiger partial charge in [-0.25, -0.2) is 0 Å². The van der Waals surface area contributed by atoms with E-state index in [-0.39, 0.29) is 0 Å². The standard InChI is InChI=1S/C7H16OP/c1-4-6-7-9(3,8)5-2/h2,4-7H2,1,3H3. The Labute approximate surface area is 58.2 Å². The monoisotopic (exact) mass is 147 g/mol. The highest BCUT2D eigenvalue weighted by molar-refractivity contribution is 7.63. The molecule has 0 aromatic rings. The van der Waals surface area contributed by atoms with Crippen molar-refractivity contribution in [3.63, 3.8) is 0 Å². The molecule has 0 N–H and O–H groups in total. The molecule has 0 aromatic carbocycles. The van der Waals surface area contributed by atoms with Crippen molar-refractivity contribution in [1.29, 1.82) is 0 Å². The van der Waals surface area contributed by atoms with Gasteiger partial charge in [-0.2, -0.15) is 0 Å². The lowest BCUT2D eigenvalue weighted by atomic mass is 10.4. The highest BCUT2D eigenvalue weighted by Crippen LogP contribution is 2.40. The number of rotatable bonds is 4. The SMILES string of the molecule is [CH2]CP(C)(=O)CCCC. The summed E-state index contributed by atoms with van der Waals surface area (Å²) in [7, 11) is -1.80. The molecule has 1 nitrogen and oxygen atoms in total. The van der Waals surface area contributed by atoms with Gasteiger partial charge in [0.15, 0.2) is 0 Å². The summed E-state index contributed by atoms with van der Waals surface area (Å²) in [4.78, 5) is 0. The van der Waals surface area contributed by atoms with E-state index < -0.39 is 7.14 Å². The molecule has 55 valence electrons. The summed E-state index contributed by atoms with van der Waals surface area (Å²) in [5.74, 6) is 0. The van der Waals surface area contributed by atoms with Crippen LogP contribution in [0.15, 0.2) is 0 Å². The molecular formula is C7H16OP. The van der Waals surface area contributed by atoms with E-state index in [1.165, 1.54) is 0 Å². The topological polar surface area (TPSA) is 17.1 Å². The molecule has 0 fully saturated rings. The van der Waals surface area contributed by atoms with Crippen LogP contribution in [0.5, 0.6) is 0 Å². The molecule has 1 atom stereocenters. The molecule has 0 aliphatic carbocycles. The lowest BCUT2D eigenvalue weighted by Gasteiger charge is -2.07. The van der Waals surface area contributed by atoms with Gasteiger partial charge in [0.05, 0.1) is 7.14 Å². The minimum atomic E-state index is -1.80. The second-order valence-corrected chi connectivity index (χ2v) is 6.09. The Hall–Kier alpha value is 0.230. The van der Waals surface area contributed by atoms with E-state index in [0.29, 0.717) is 6.16 Å². The first-order valence-electron chi connectivity index (χ1n) is 3.47. The lowest BCUT2D eigenvalue weighted by molar-refractivity contribution is 0.578. The summed E-state index contributed by atoms with van der Waals surface area (Å²) in [5, 5.41) is 0. The third kappa shape index (κ3) is 4.72. The number of unbranched alkanes of at least 4 members (excludes halogenated alkanes) is 1. The van der Waals surface area contributed by atoms with Crippen LogP contribution < -0.4 is 0 Å². The summed E-state index contributed by atoms with van der Waals surface area (Å²) in [6.45, 7) is 7.60. The lowest BCUT2D eigenvalue weighted by Crippen LogP contribution is -1.89. The van der Waals surface area contributed by atoms with E-state index in [1.807, 2.05) is 6.66 Å². The minimum Gasteiger partial charge on any atom is -0.324 e. The van der Waals surface area contributed by atoms with Gasteiger partial charge in [0.1, 0.15) is 0 Å². The van der Waals surface area contributed by atoms with Crippen LogP contribution in [0.1, 0.15) is 19.8 Å². The van der Waals surface area contributed by atoms with Crippen LogP contribution in [-0.2, 0) is 4.57 Å². The largest absolute Gasteiger partial charge is 0.324 e. The smallest absolute Gasteiger partial charge is 0.0848 e. The zero-order valence-corrected chi connectivity index (χ0v) is 7.29. The van der Waals surface area contributed by atoms with Crippen LogP contribution in [0.4, 0.5) is 0 Å². The zero-order chi connectivity index (χ0) is 7.33. The predicted molar refractivity (Wildman–Crippen MR) is 43.5 cm³/mol. The number of hydrogen-bond acceptors (Lipinski definition) is 1. The Morgan fingerprint density at radius 1 is 1.56 bits per heavy atom. The van der Waals surface area contributed by atoms with Crippen molar-refractivity contribution >= 4 is 7.14 Å². The molecule has 0 bridgehead atoms. The zero-order valence-electron chi connectivity index (χ0n) is 6.39. The van der Waals surface area contributed by atoms with Crippen LogP contribution in [-0.4, -0.2) is 19.0 Å². The average molecular weight is 147 g/mol. The molecular weight excluding hydrogens is 131 g/mol. The molecule has 0 aromatic heterocycles. The van der Waals surface area contributed by atoms with Crippen molar-refractivity contribution in [2.45, 2.75) is 19.8 Å². The van der Waals surface area contributed by atoms with Crippen molar-refractivity contribution in [2.24, 2.45) is 0 Å². The second-order valence-electron chi connectivity index (χ2n) is 2.60. The molecule has 1 radical (unpaired) electrons. The molecule has 1 unspecified atom stereocenters. The summed E-state index contributed by atoms with van der Waals surface area (Å²) >= 11 is 0. The summed E-state index contributed by atoms with van der Waals surface area (Å²) < 4.78 is 11.3. The number of hydrogen-bond donors (Lipinski definition) is 0. The van der Waals surface area contributed by atoms with Crippen molar-refractivity contribution in [2.75, 3.05) is 19.0 Å². The van der Waals surface area contributed by atoms with Crippen LogP contribution in [0.25, 0.3) is 0 Å². The fourth-order valence-corrected chi connectivity index (χ4v) is 1.81. The third-order valence-electron chi connectivity index (χ3n) is 1.46. The summed E-state index contributed by atoms with van der Waals surface area (Å²) in [5.41, 5.74) is 0. The molecule has 0 rings (SSSR count). The van der Waals surface area contributed by atoms with Gasteiger partial charge in [0.2, 0.25) is 0 Å². The molecule has 0 aliphatic heterocycles. The first kappa shape index (κ1) is 9.23. The fourth-order valence-electron chi connectivity index (χ4n) is 0.604. The molecule has 9 heavy (non-hydrogen) atoms. The Balaban J connectivity index is 3.46. The van der Waals surface area contributed by atoms with Gasteiger partial charge in [0.25, 0.3) is 0 Å². The van der Waals surface area contributed by atoms with Crippen molar-refractivity contribution < 1.29 is 4.57 Å². The van der Waals surface area contributed by atoms with Gasteiger partial charge < -0.3 is 4.57 Å². The van der Waals surface area contributed by atoms with Gasteiger partial charge >= 0.3 is 0 Å². The third-order valence-corrected chi connectivity index (χ3v) is 3.67. The maximum Gasteiger partial charge on any atom is 0.0848 e. The normalized spacial score (nSPS) is 17.2. The van der Waals surface area contributed by atoms with Crippen molar-refractivity contribution in [1.82, 2.24) is 0 Å². The molecule has 0 saturated carbocycles. The van der Waals surface area contributed by atoms with E-state index in [0.717, 1.165) is 19.0 Å². The predicted octanol–water partition coefficient (Wildman–Crippen LogP) is 2.61. The highest BCUT2D eigenvalue weighted by atomic mass is 31.2. The molecule has 0 amide bonds. The highest BCUT2D eigenvalue weighted by Gasteiger charge is 2.09. The maximum atomic E-state index is 11.3. The molecule has 2 heteroatoms. The van der Waals surface area contributed by atoms with E-state index in [2.05, 4.69) is 13.8 Å². The quantitative estimate of drug-likeness (QED) is 0.558. The summed E-state index contributed by atoms with van der Waals surface area (Å²) in [6, 6.07) is 0. The fraction of sp³-hybridized carbons (Fsp3) is 0.857. The van der Waals surface area contributed by atoms with Crippen molar-refractivity contribution in [3.05, 3.63) is 6.92 Å². The Morgan fingerprint density at radius 2 is 2.11 bits per heavy atom. The molecule has 0 heterocycles. The van der Waals surface area contributed by atoms with Gasteiger partial charge in [-0.3, -0.25) is 0 Å². The van der Waals surface area contributed by atoms with E-state index in [4.69, 9.17) is 0 Å². The van der Waals surface area contributed by atoms with E-state index in [1.54, 1.807) is 0 Å². The molecule has 0 spiro atoms. The van der Waals surface area contributed by atoms with Crippen LogP contribution in [0.2, 0.25) is 0 Å². The van der Waals surface area contributed by atoms with E-state index >= 15 is 0 Å². The van der Waals surface area contributed by atoms with Crippen LogP contribution in [0, 0.1) is 6.92 Å². The first-order chi connectivity index (χ1) is 4.12. The van der Waals surface area contributed by atoms with Crippen molar-refractivity contribution in [3.8, 4) is 0 Å². The maximum absolute atomic E-state index is 11.3.